The highest BCUT2D eigenvalue weighted by molar-refractivity contribution is 5.72. The van der Waals surface area contributed by atoms with Crippen molar-refractivity contribution < 1.29 is 22.1 Å². The van der Waals surface area contributed by atoms with Crippen molar-refractivity contribution in [2.24, 2.45) is 0 Å². The van der Waals surface area contributed by atoms with Crippen molar-refractivity contribution in [2.45, 2.75) is 25.9 Å². The first-order chi connectivity index (χ1) is 15.2. The number of aromatic nitrogens is 5. The van der Waals surface area contributed by atoms with Crippen molar-refractivity contribution in [3.05, 3.63) is 59.4 Å². The molecule has 0 saturated carbocycles. The molecule has 11 heteroatoms. The first kappa shape index (κ1) is 21.2. The fourth-order valence-electron chi connectivity index (χ4n) is 3.02. The van der Waals surface area contributed by atoms with E-state index in [4.69, 9.17) is 4.52 Å². The lowest BCUT2D eigenvalue weighted by Crippen LogP contribution is -2.09. The normalized spacial score (nSPS) is 11.7. The molecule has 3 aromatic heterocycles. The van der Waals surface area contributed by atoms with Crippen LogP contribution >= 0.6 is 0 Å². The van der Waals surface area contributed by atoms with Crippen molar-refractivity contribution in [3.63, 3.8) is 0 Å². The van der Waals surface area contributed by atoms with Crippen LogP contribution in [0.2, 0.25) is 0 Å². The second-order valence-corrected chi connectivity index (χ2v) is 7.13. The van der Waals surface area contributed by atoms with Crippen LogP contribution in [-0.2, 0) is 6.18 Å². The minimum Gasteiger partial charge on any atom is -0.337 e. The fourth-order valence-corrected chi connectivity index (χ4v) is 3.02. The van der Waals surface area contributed by atoms with Crippen molar-refractivity contribution in [2.75, 3.05) is 0 Å². The Balaban J connectivity index is 1.75. The predicted molar refractivity (Wildman–Crippen MR) is 104 cm³/mol. The molecule has 1 N–H and O–H groups in total. The Bertz CT molecular complexity index is 1320. The van der Waals surface area contributed by atoms with Gasteiger partial charge in [0, 0.05) is 17.7 Å². The van der Waals surface area contributed by atoms with E-state index in [1.807, 2.05) is 19.9 Å². The topological polar surface area (TPSA) is 104 Å². The Kier molecular flexibility index (Phi) is 5.22. The zero-order valence-electron chi connectivity index (χ0n) is 16.7. The Morgan fingerprint density at radius 1 is 1.12 bits per heavy atom. The number of rotatable bonds is 4. The number of hydrogen-bond donors (Lipinski definition) is 1. The summed E-state index contributed by atoms with van der Waals surface area (Å²) in [5.74, 6) is -0.748. The van der Waals surface area contributed by atoms with Gasteiger partial charge in [0.25, 0.3) is 5.89 Å². The number of nitrogens with one attached hydrogen (secondary N) is 1. The lowest BCUT2D eigenvalue weighted by Gasteiger charge is -2.11. The molecule has 162 valence electrons. The van der Waals surface area contributed by atoms with E-state index < -0.39 is 28.9 Å². The molecule has 0 aliphatic heterocycles. The minimum atomic E-state index is -4.81. The second kappa shape index (κ2) is 7.88. The number of halogens is 4. The van der Waals surface area contributed by atoms with E-state index in [1.54, 1.807) is 12.1 Å². The van der Waals surface area contributed by atoms with Crippen molar-refractivity contribution in [3.8, 4) is 40.3 Å². The Hall–Kier alpha value is -4.07. The van der Waals surface area contributed by atoms with Crippen LogP contribution in [0, 0.1) is 17.1 Å². The summed E-state index contributed by atoms with van der Waals surface area (Å²) in [6.07, 6.45) is -3.43. The largest absolute Gasteiger partial charge is 0.417 e. The highest BCUT2D eigenvalue weighted by Crippen LogP contribution is 2.38. The van der Waals surface area contributed by atoms with Gasteiger partial charge in [0.1, 0.15) is 23.4 Å². The summed E-state index contributed by atoms with van der Waals surface area (Å²) in [6.45, 7) is 3.81. The van der Waals surface area contributed by atoms with Crippen LogP contribution in [0.15, 0.2) is 41.1 Å². The molecule has 0 amide bonds. The van der Waals surface area contributed by atoms with Crippen LogP contribution in [0.25, 0.3) is 34.2 Å². The smallest absolute Gasteiger partial charge is 0.337 e. The summed E-state index contributed by atoms with van der Waals surface area (Å²) in [4.78, 5) is 15.0. The molecule has 0 radical (unpaired) electrons. The maximum Gasteiger partial charge on any atom is 0.417 e. The van der Waals surface area contributed by atoms with Crippen molar-refractivity contribution in [1.29, 1.82) is 5.26 Å². The Morgan fingerprint density at radius 2 is 1.91 bits per heavy atom. The Labute approximate surface area is 178 Å². The molecule has 1 aromatic carbocycles. The number of pyridine rings is 1. The van der Waals surface area contributed by atoms with Gasteiger partial charge in [0.15, 0.2) is 11.5 Å². The van der Waals surface area contributed by atoms with Crippen LogP contribution in [-0.4, -0.2) is 25.1 Å². The Morgan fingerprint density at radius 3 is 2.50 bits per heavy atom. The summed E-state index contributed by atoms with van der Waals surface area (Å²) in [5, 5.41) is 13.3. The highest BCUT2D eigenvalue weighted by atomic mass is 19.4. The summed E-state index contributed by atoms with van der Waals surface area (Å²) in [7, 11) is 0. The molecule has 7 nitrogen and oxygen atoms in total. The monoisotopic (exact) mass is 442 g/mol. The maximum atomic E-state index is 14.3. The molecular formula is C21H14F4N6O. The molecule has 0 spiro atoms. The third-order valence-electron chi connectivity index (χ3n) is 4.59. The van der Waals surface area contributed by atoms with Gasteiger partial charge in [-0.25, -0.2) is 9.37 Å². The van der Waals surface area contributed by atoms with Crippen molar-refractivity contribution >= 4 is 0 Å². The first-order valence-corrected chi connectivity index (χ1v) is 9.35. The van der Waals surface area contributed by atoms with Crippen LogP contribution in [0.3, 0.4) is 0 Å². The van der Waals surface area contributed by atoms with Gasteiger partial charge in [0.2, 0.25) is 0 Å². The van der Waals surface area contributed by atoms with Crippen LogP contribution < -0.4 is 0 Å². The summed E-state index contributed by atoms with van der Waals surface area (Å²) in [6, 6.07) is 7.53. The lowest BCUT2D eigenvalue weighted by molar-refractivity contribution is -0.137. The van der Waals surface area contributed by atoms with Crippen molar-refractivity contribution in [1.82, 2.24) is 25.1 Å². The molecule has 0 atom stereocenters. The van der Waals surface area contributed by atoms with Gasteiger partial charge in [-0.05, 0) is 24.3 Å². The van der Waals surface area contributed by atoms with E-state index in [0.717, 1.165) is 18.2 Å². The number of imidazole rings is 1. The zero-order valence-corrected chi connectivity index (χ0v) is 16.7. The van der Waals surface area contributed by atoms with Gasteiger partial charge in [-0.2, -0.15) is 23.4 Å². The number of nitrogens with zero attached hydrogens (tertiary/aromatic N) is 5. The molecule has 0 aliphatic rings. The molecule has 3 heterocycles. The second-order valence-electron chi connectivity index (χ2n) is 7.13. The average Bonchev–Trinajstić information content (AvgIpc) is 3.41. The minimum absolute atomic E-state index is 0.0633. The molecule has 32 heavy (non-hydrogen) atoms. The molecule has 0 saturated heterocycles. The number of H-pyrrole nitrogens is 1. The molecule has 0 bridgehead atoms. The van der Waals surface area contributed by atoms with Gasteiger partial charge < -0.3 is 9.51 Å². The third-order valence-corrected chi connectivity index (χ3v) is 4.59. The van der Waals surface area contributed by atoms with Crippen LogP contribution in [0.4, 0.5) is 17.6 Å². The molecule has 0 fully saturated rings. The number of benzene rings is 1. The van der Waals surface area contributed by atoms with E-state index in [2.05, 4.69) is 25.1 Å². The molecule has 4 rings (SSSR count). The van der Waals surface area contributed by atoms with Gasteiger partial charge in [-0.3, -0.25) is 4.98 Å². The molecule has 0 unspecified atom stereocenters. The van der Waals surface area contributed by atoms with Gasteiger partial charge >= 0.3 is 6.18 Å². The first-order valence-electron chi connectivity index (χ1n) is 9.35. The molecular weight excluding hydrogens is 428 g/mol. The highest BCUT2D eigenvalue weighted by Gasteiger charge is 2.36. The van der Waals surface area contributed by atoms with E-state index in [0.29, 0.717) is 17.1 Å². The fraction of sp³-hybridized carbons (Fsp3) is 0.190. The summed E-state index contributed by atoms with van der Waals surface area (Å²) >= 11 is 0. The number of nitriles is 1. The standard InChI is InChI=1S/C21H14F4N6O/c1-10(2)18-30-20(32-31-18)14-7-6-11(9-27-14)17-15(8-26)28-19(29-17)16-12(21(23,24)25)4-3-5-13(16)22/h3-7,9-10H,1-2H3,(H,28,29). The number of hydrogen-bond acceptors (Lipinski definition) is 6. The zero-order chi connectivity index (χ0) is 23.0. The summed E-state index contributed by atoms with van der Waals surface area (Å²) < 4.78 is 59.7. The van der Waals surface area contributed by atoms with Gasteiger partial charge in [-0.15, -0.1) is 0 Å². The molecule has 0 aliphatic carbocycles. The summed E-state index contributed by atoms with van der Waals surface area (Å²) in [5.41, 5.74) is -1.33. The predicted octanol–water partition coefficient (Wildman–Crippen LogP) is 5.34. The maximum absolute atomic E-state index is 14.3. The molecule has 4 aromatic rings. The van der Waals surface area contributed by atoms with E-state index in [1.165, 1.54) is 6.20 Å². The van der Waals surface area contributed by atoms with E-state index in [-0.39, 0.29) is 23.2 Å². The number of alkyl halides is 3. The van der Waals surface area contributed by atoms with Crippen LogP contribution in [0.1, 0.15) is 36.8 Å². The van der Waals surface area contributed by atoms with Gasteiger partial charge in [0.05, 0.1) is 16.8 Å². The average molecular weight is 442 g/mol. The van der Waals surface area contributed by atoms with E-state index >= 15 is 0 Å². The quantitative estimate of drug-likeness (QED) is 0.428. The SMILES string of the molecule is CC(C)c1noc(-c2ccc(-c3[nH]c(-c4c(F)cccc4C(F)(F)F)nc3C#N)cn2)n1. The van der Waals surface area contributed by atoms with E-state index in [9.17, 15) is 22.8 Å². The third kappa shape index (κ3) is 3.82. The number of aromatic amines is 1. The van der Waals surface area contributed by atoms with Crippen LogP contribution in [0.5, 0.6) is 0 Å². The lowest BCUT2D eigenvalue weighted by atomic mass is 10.1. The van der Waals surface area contributed by atoms with Gasteiger partial charge in [-0.1, -0.05) is 25.1 Å².